The fraction of sp³-hybridized carbons (Fsp3) is 0.143. The van der Waals surface area contributed by atoms with Gasteiger partial charge in [-0.2, -0.15) is 0 Å². The SMILES string of the molecule is Fc1ccc(Cl)c(COc2ccc(Br)c(CBr)c2)c1. The first kappa shape index (κ1) is 14.8. The highest BCUT2D eigenvalue weighted by Gasteiger charge is 2.05. The molecule has 0 saturated heterocycles. The number of hydrogen-bond donors (Lipinski definition) is 0. The number of hydrogen-bond acceptors (Lipinski definition) is 1. The standard InChI is InChI=1S/C14H10Br2ClFO/c15-7-9-6-12(2-3-13(9)16)19-8-10-5-11(18)1-4-14(10)17/h1-6H,7-8H2. The Morgan fingerprint density at radius 3 is 2.63 bits per heavy atom. The summed E-state index contributed by atoms with van der Waals surface area (Å²) in [7, 11) is 0. The first-order valence-corrected chi connectivity index (χ1v) is 7.80. The second-order valence-corrected chi connectivity index (χ2v) is 5.73. The van der Waals surface area contributed by atoms with Crippen LogP contribution in [0.15, 0.2) is 40.9 Å². The zero-order chi connectivity index (χ0) is 13.8. The molecule has 0 bridgehead atoms. The summed E-state index contributed by atoms with van der Waals surface area (Å²) in [5.74, 6) is 0.401. The minimum absolute atomic E-state index is 0.236. The summed E-state index contributed by atoms with van der Waals surface area (Å²) >= 11 is 12.8. The third-order valence-corrected chi connectivity index (χ3v) is 4.31. The van der Waals surface area contributed by atoms with Crippen LogP contribution in [-0.2, 0) is 11.9 Å². The molecule has 0 radical (unpaired) electrons. The summed E-state index contributed by atoms with van der Waals surface area (Å²) in [5, 5.41) is 1.23. The van der Waals surface area contributed by atoms with Crippen LogP contribution in [0.2, 0.25) is 5.02 Å². The van der Waals surface area contributed by atoms with E-state index in [2.05, 4.69) is 31.9 Å². The van der Waals surface area contributed by atoms with Gasteiger partial charge in [-0.3, -0.25) is 0 Å². The lowest BCUT2D eigenvalue weighted by molar-refractivity contribution is 0.305. The average molecular weight is 408 g/mol. The Labute approximate surface area is 133 Å². The summed E-state index contributed by atoms with van der Waals surface area (Å²) in [6.07, 6.45) is 0. The van der Waals surface area contributed by atoms with Gasteiger partial charge in [-0.15, -0.1) is 0 Å². The molecule has 0 aromatic heterocycles. The van der Waals surface area contributed by atoms with Crippen LogP contribution < -0.4 is 4.74 Å². The molecule has 0 aliphatic heterocycles. The zero-order valence-corrected chi connectivity index (χ0v) is 13.7. The monoisotopic (exact) mass is 406 g/mol. The molecule has 19 heavy (non-hydrogen) atoms. The van der Waals surface area contributed by atoms with Gasteiger partial charge in [0.05, 0.1) is 0 Å². The number of benzene rings is 2. The smallest absolute Gasteiger partial charge is 0.123 e. The van der Waals surface area contributed by atoms with Gasteiger partial charge in [-0.05, 0) is 42.0 Å². The second-order valence-electron chi connectivity index (χ2n) is 3.91. The van der Waals surface area contributed by atoms with Gasteiger partial charge in [0.1, 0.15) is 18.2 Å². The summed E-state index contributed by atoms with van der Waals surface area (Å²) in [6, 6.07) is 9.93. The van der Waals surface area contributed by atoms with Gasteiger partial charge in [0.2, 0.25) is 0 Å². The molecular formula is C14H10Br2ClFO. The van der Waals surface area contributed by atoms with E-state index in [9.17, 15) is 4.39 Å². The Morgan fingerprint density at radius 2 is 1.89 bits per heavy atom. The van der Waals surface area contributed by atoms with Crippen LogP contribution in [0.4, 0.5) is 4.39 Å². The largest absolute Gasteiger partial charge is 0.489 e. The molecule has 0 N–H and O–H groups in total. The van der Waals surface area contributed by atoms with Crippen molar-refractivity contribution in [2.24, 2.45) is 0 Å². The molecule has 2 rings (SSSR count). The Bertz CT molecular complexity index is 590. The number of ether oxygens (including phenoxy) is 1. The van der Waals surface area contributed by atoms with Crippen molar-refractivity contribution in [3.63, 3.8) is 0 Å². The number of halogens is 4. The predicted molar refractivity (Wildman–Crippen MR) is 82.5 cm³/mol. The third-order valence-electron chi connectivity index (χ3n) is 2.56. The minimum atomic E-state index is -0.319. The Morgan fingerprint density at radius 1 is 1.11 bits per heavy atom. The van der Waals surface area contributed by atoms with E-state index in [1.807, 2.05) is 18.2 Å². The van der Waals surface area contributed by atoms with Gasteiger partial charge >= 0.3 is 0 Å². The average Bonchev–Trinajstić information content (AvgIpc) is 2.41. The van der Waals surface area contributed by atoms with Crippen LogP contribution >= 0.6 is 43.5 Å². The van der Waals surface area contributed by atoms with Crippen molar-refractivity contribution < 1.29 is 9.13 Å². The highest BCUT2D eigenvalue weighted by Crippen LogP contribution is 2.26. The molecule has 0 unspecified atom stereocenters. The summed E-state index contributed by atoms with van der Waals surface area (Å²) < 4.78 is 19.8. The van der Waals surface area contributed by atoms with E-state index in [4.69, 9.17) is 16.3 Å². The summed E-state index contributed by atoms with van der Waals surface area (Å²) in [4.78, 5) is 0. The van der Waals surface area contributed by atoms with Crippen LogP contribution in [-0.4, -0.2) is 0 Å². The van der Waals surface area contributed by atoms with Gasteiger partial charge in [0, 0.05) is 20.4 Å². The van der Waals surface area contributed by atoms with Gasteiger partial charge in [0.15, 0.2) is 0 Å². The molecule has 2 aromatic carbocycles. The maximum atomic E-state index is 13.1. The quantitative estimate of drug-likeness (QED) is 0.589. The maximum absolute atomic E-state index is 13.1. The van der Waals surface area contributed by atoms with Crippen LogP contribution in [0.5, 0.6) is 5.75 Å². The van der Waals surface area contributed by atoms with Crippen molar-refractivity contribution in [3.05, 3.63) is 62.8 Å². The lowest BCUT2D eigenvalue weighted by atomic mass is 10.2. The molecule has 0 fully saturated rings. The van der Waals surface area contributed by atoms with Crippen molar-refractivity contribution in [1.82, 2.24) is 0 Å². The van der Waals surface area contributed by atoms with Gasteiger partial charge < -0.3 is 4.74 Å². The third kappa shape index (κ3) is 3.94. The highest BCUT2D eigenvalue weighted by atomic mass is 79.9. The molecule has 0 amide bonds. The molecule has 5 heteroatoms. The van der Waals surface area contributed by atoms with Crippen molar-refractivity contribution in [2.75, 3.05) is 0 Å². The van der Waals surface area contributed by atoms with Crippen molar-refractivity contribution >= 4 is 43.5 Å². The van der Waals surface area contributed by atoms with E-state index in [-0.39, 0.29) is 12.4 Å². The normalized spacial score (nSPS) is 10.5. The van der Waals surface area contributed by atoms with Gasteiger partial charge in [0.25, 0.3) is 0 Å². The van der Waals surface area contributed by atoms with Gasteiger partial charge in [-0.25, -0.2) is 4.39 Å². The topological polar surface area (TPSA) is 9.23 Å². The maximum Gasteiger partial charge on any atom is 0.123 e. The first-order valence-electron chi connectivity index (χ1n) is 5.51. The van der Waals surface area contributed by atoms with Crippen molar-refractivity contribution in [1.29, 1.82) is 0 Å². The van der Waals surface area contributed by atoms with E-state index >= 15 is 0 Å². The molecule has 2 aromatic rings. The molecule has 0 atom stereocenters. The lowest BCUT2D eigenvalue weighted by Crippen LogP contribution is -1.97. The molecule has 100 valence electrons. The Kier molecular flexibility index (Phi) is 5.25. The summed E-state index contributed by atoms with van der Waals surface area (Å²) in [5.41, 5.74) is 1.72. The number of alkyl halides is 1. The molecule has 0 aliphatic carbocycles. The molecule has 0 heterocycles. The van der Waals surface area contributed by atoms with Crippen molar-refractivity contribution in [3.8, 4) is 5.75 Å². The number of rotatable bonds is 4. The van der Waals surface area contributed by atoms with Crippen molar-refractivity contribution in [2.45, 2.75) is 11.9 Å². The molecule has 0 spiro atoms. The fourth-order valence-electron chi connectivity index (χ4n) is 1.56. The predicted octanol–water partition coefficient (Wildman–Crippen LogP) is 5.72. The van der Waals surface area contributed by atoms with E-state index in [1.165, 1.54) is 18.2 Å². The Balaban J connectivity index is 2.12. The van der Waals surface area contributed by atoms with E-state index < -0.39 is 0 Å². The van der Waals surface area contributed by atoms with Crippen LogP contribution in [0.25, 0.3) is 0 Å². The van der Waals surface area contributed by atoms with Gasteiger partial charge in [-0.1, -0.05) is 43.5 Å². The van der Waals surface area contributed by atoms with Crippen LogP contribution in [0.1, 0.15) is 11.1 Å². The van der Waals surface area contributed by atoms with Crippen LogP contribution in [0, 0.1) is 5.82 Å². The Hall–Kier alpha value is -0.580. The fourth-order valence-corrected chi connectivity index (χ4v) is 2.96. The molecule has 0 saturated carbocycles. The van der Waals surface area contributed by atoms with Crippen LogP contribution in [0.3, 0.4) is 0 Å². The minimum Gasteiger partial charge on any atom is -0.489 e. The molecule has 0 aliphatic rings. The highest BCUT2D eigenvalue weighted by molar-refractivity contribution is 9.10. The van der Waals surface area contributed by atoms with E-state index in [0.717, 1.165) is 21.1 Å². The zero-order valence-electron chi connectivity index (χ0n) is 9.80. The van der Waals surface area contributed by atoms with E-state index in [1.54, 1.807) is 0 Å². The molecule has 1 nitrogen and oxygen atoms in total. The lowest BCUT2D eigenvalue weighted by Gasteiger charge is -2.10. The van der Waals surface area contributed by atoms with E-state index in [0.29, 0.717) is 10.6 Å². The first-order chi connectivity index (χ1) is 9.10. The summed E-state index contributed by atoms with van der Waals surface area (Å²) in [6.45, 7) is 0.236. The second kappa shape index (κ2) is 6.73. The molecular weight excluding hydrogens is 398 g/mol.